The number of methoxy groups -OCH3 is 1. The molecule has 0 amide bonds. The molecule has 0 N–H and O–H groups in total. The van der Waals surface area contributed by atoms with Crippen LogP contribution in [0.15, 0.2) is 36.3 Å². The van der Waals surface area contributed by atoms with Crippen LogP contribution in [0.25, 0.3) is 0 Å². The first kappa shape index (κ1) is 10.5. The van der Waals surface area contributed by atoms with E-state index in [1.165, 1.54) is 0 Å². The standard InChI is InChI=1S/C9H14OS/c1-4-5-6-9(2)11-8-7-10-3/h4-6H,1-2,7-8H2,3H3/b6-5-. The topological polar surface area (TPSA) is 9.23 Å². The molecule has 0 spiro atoms. The van der Waals surface area contributed by atoms with E-state index in [-0.39, 0.29) is 0 Å². The van der Waals surface area contributed by atoms with Crippen molar-refractivity contribution < 1.29 is 4.74 Å². The van der Waals surface area contributed by atoms with E-state index in [2.05, 4.69) is 13.2 Å². The number of hydrogen-bond acceptors (Lipinski definition) is 2. The first-order valence-corrected chi connectivity index (χ1v) is 4.39. The van der Waals surface area contributed by atoms with Crippen molar-refractivity contribution in [3.05, 3.63) is 36.3 Å². The van der Waals surface area contributed by atoms with Gasteiger partial charge in [-0.3, -0.25) is 0 Å². The predicted molar refractivity (Wildman–Crippen MR) is 52.8 cm³/mol. The summed E-state index contributed by atoms with van der Waals surface area (Å²) in [5.41, 5.74) is 0. The summed E-state index contributed by atoms with van der Waals surface area (Å²) < 4.78 is 4.89. The maximum absolute atomic E-state index is 4.89. The van der Waals surface area contributed by atoms with Crippen molar-refractivity contribution in [2.45, 2.75) is 0 Å². The molecule has 0 fully saturated rings. The van der Waals surface area contributed by atoms with E-state index in [4.69, 9.17) is 4.74 Å². The average Bonchev–Trinajstić information content (AvgIpc) is 2.01. The summed E-state index contributed by atoms with van der Waals surface area (Å²) in [6.45, 7) is 8.17. The van der Waals surface area contributed by atoms with Crippen LogP contribution in [0.5, 0.6) is 0 Å². The zero-order chi connectivity index (χ0) is 8.53. The lowest BCUT2D eigenvalue weighted by Crippen LogP contribution is -1.90. The Hall–Kier alpha value is -0.470. The number of hydrogen-bond donors (Lipinski definition) is 0. The second-order valence-corrected chi connectivity index (χ2v) is 3.12. The fourth-order valence-corrected chi connectivity index (χ4v) is 1.17. The predicted octanol–water partition coefficient (Wildman–Crippen LogP) is 2.62. The summed E-state index contributed by atoms with van der Waals surface area (Å²) in [4.78, 5) is 1.04. The smallest absolute Gasteiger partial charge is 0.0556 e. The fraction of sp³-hybridized carbons (Fsp3) is 0.333. The maximum atomic E-state index is 4.89. The minimum Gasteiger partial charge on any atom is -0.384 e. The van der Waals surface area contributed by atoms with E-state index in [1.54, 1.807) is 24.9 Å². The summed E-state index contributed by atoms with van der Waals surface area (Å²) in [6.07, 6.45) is 5.55. The molecule has 0 saturated heterocycles. The van der Waals surface area contributed by atoms with Gasteiger partial charge in [0.2, 0.25) is 0 Å². The Morgan fingerprint density at radius 3 is 2.91 bits per heavy atom. The Morgan fingerprint density at radius 2 is 2.36 bits per heavy atom. The van der Waals surface area contributed by atoms with Crippen LogP contribution in [0, 0.1) is 0 Å². The zero-order valence-electron chi connectivity index (χ0n) is 6.88. The van der Waals surface area contributed by atoms with Gasteiger partial charge in [0.1, 0.15) is 0 Å². The van der Waals surface area contributed by atoms with E-state index in [9.17, 15) is 0 Å². The molecule has 0 unspecified atom stereocenters. The molecule has 11 heavy (non-hydrogen) atoms. The molecular formula is C9H14OS. The van der Waals surface area contributed by atoms with E-state index < -0.39 is 0 Å². The molecule has 62 valence electrons. The van der Waals surface area contributed by atoms with Crippen LogP contribution >= 0.6 is 11.8 Å². The lowest BCUT2D eigenvalue weighted by Gasteiger charge is -1.97. The van der Waals surface area contributed by atoms with Crippen molar-refractivity contribution in [2.75, 3.05) is 19.5 Å². The Labute approximate surface area is 72.8 Å². The second-order valence-electron chi connectivity index (χ2n) is 1.90. The Balaban J connectivity index is 3.37. The van der Waals surface area contributed by atoms with Crippen LogP contribution < -0.4 is 0 Å². The number of rotatable bonds is 6. The SMILES string of the molecule is C=C/C=C\C(=C)SCCOC. The van der Waals surface area contributed by atoms with E-state index in [0.29, 0.717) is 0 Å². The zero-order valence-corrected chi connectivity index (χ0v) is 7.69. The summed E-state index contributed by atoms with van der Waals surface area (Å²) in [5.74, 6) is 0.955. The summed E-state index contributed by atoms with van der Waals surface area (Å²) in [5, 5.41) is 0. The van der Waals surface area contributed by atoms with Crippen molar-refractivity contribution in [3.8, 4) is 0 Å². The van der Waals surface area contributed by atoms with Crippen LogP contribution in [0.1, 0.15) is 0 Å². The van der Waals surface area contributed by atoms with Crippen LogP contribution in [-0.4, -0.2) is 19.5 Å². The van der Waals surface area contributed by atoms with Gasteiger partial charge >= 0.3 is 0 Å². The molecule has 0 aromatic rings. The molecule has 2 heteroatoms. The van der Waals surface area contributed by atoms with Crippen molar-refractivity contribution in [3.63, 3.8) is 0 Å². The maximum Gasteiger partial charge on any atom is 0.0556 e. The van der Waals surface area contributed by atoms with E-state index >= 15 is 0 Å². The van der Waals surface area contributed by atoms with Gasteiger partial charge < -0.3 is 4.74 Å². The highest BCUT2D eigenvalue weighted by atomic mass is 32.2. The normalized spacial score (nSPS) is 10.3. The first-order valence-electron chi connectivity index (χ1n) is 3.41. The lowest BCUT2D eigenvalue weighted by molar-refractivity contribution is 0.219. The second kappa shape index (κ2) is 7.63. The number of thioether (sulfide) groups is 1. The largest absolute Gasteiger partial charge is 0.384 e. The van der Waals surface area contributed by atoms with Gasteiger partial charge in [-0.25, -0.2) is 0 Å². The lowest BCUT2D eigenvalue weighted by atomic mass is 10.5. The van der Waals surface area contributed by atoms with Gasteiger partial charge in [-0.2, -0.15) is 0 Å². The molecule has 0 bridgehead atoms. The van der Waals surface area contributed by atoms with Crippen LogP contribution in [0.2, 0.25) is 0 Å². The molecular weight excluding hydrogens is 156 g/mol. The van der Waals surface area contributed by atoms with Gasteiger partial charge in [-0.05, 0) is 6.08 Å². The van der Waals surface area contributed by atoms with Gasteiger partial charge in [0.05, 0.1) is 6.61 Å². The number of ether oxygens (including phenoxy) is 1. The van der Waals surface area contributed by atoms with Gasteiger partial charge in [-0.15, -0.1) is 11.8 Å². The van der Waals surface area contributed by atoms with Crippen molar-refractivity contribution in [1.29, 1.82) is 0 Å². The van der Waals surface area contributed by atoms with E-state index in [1.807, 2.05) is 12.2 Å². The third kappa shape index (κ3) is 7.43. The Bertz CT molecular complexity index is 150. The summed E-state index contributed by atoms with van der Waals surface area (Å²) >= 11 is 1.69. The highest BCUT2D eigenvalue weighted by Gasteiger charge is 1.88. The Morgan fingerprint density at radius 1 is 1.64 bits per heavy atom. The highest BCUT2D eigenvalue weighted by molar-refractivity contribution is 8.03. The quantitative estimate of drug-likeness (QED) is 0.447. The summed E-state index contributed by atoms with van der Waals surface area (Å²) in [7, 11) is 1.70. The van der Waals surface area contributed by atoms with Crippen molar-refractivity contribution in [1.82, 2.24) is 0 Å². The molecule has 0 heterocycles. The monoisotopic (exact) mass is 170 g/mol. The van der Waals surface area contributed by atoms with Crippen molar-refractivity contribution in [2.24, 2.45) is 0 Å². The third-order valence-corrected chi connectivity index (χ3v) is 1.87. The molecule has 1 nitrogen and oxygen atoms in total. The highest BCUT2D eigenvalue weighted by Crippen LogP contribution is 2.13. The van der Waals surface area contributed by atoms with Crippen LogP contribution in [0.3, 0.4) is 0 Å². The fourth-order valence-electron chi connectivity index (χ4n) is 0.480. The molecule has 0 aliphatic heterocycles. The molecule has 0 atom stereocenters. The van der Waals surface area contributed by atoms with Gasteiger partial charge in [0.15, 0.2) is 0 Å². The minimum atomic E-state index is 0.769. The molecule has 0 saturated carbocycles. The van der Waals surface area contributed by atoms with E-state index in [0.717, 1.165) is 17.3 Å². The van der Waals surface area contributed by atoms with Crippen LogP contribution in [0.4, 0.5) is 0 Å². The van der Waals surface area contributed by atoms with Gasteiger partial charge in [0.25, 0.3) is 0 Å². The van der Waals surface area contributed by atoms with Gasteiger partial charge in [-0.1, -0.05) is 25.3 Å². The molecule has 0 aromatic heterocycles. The minimum absolute atomic E-state index is 0.769. The molecule has 0 aromatic carbocycles. The summed E-state index contributed by atoms with van der Waals surface area (Å²) in [6, 6.07) is 0. The molecule has 0 radical (unpaired) electrons. The van der Waals surface area contributed by atoms with Gasteiger partial charge in [0, 0.05) is 17.8 Å². The molecule has 0 aliphatic carbocycles. The van der Waals surface area contributed by atoms with Crippen LogP contribution in [-0.2, 0) is 4.74 Å². The Kier molecular flexibility index (Phi) is 7.31. The average molecular weight is 170 g/mol. The molecule has 0 rings (SSSR count). The number of allylic oxidation sites excluding steroid dienone is 3. The first-order chi connectivity index (χ1) is 5.31. The third-order valence-electron chi connectivity index (χ3n) is 0.993. The van der Waals surface area contributed by atoms with Crippen molar-refractivity contribution >= 4 is 11.8 Å². The molecule has 0 aliphatic rings.